The minimum Gasteiger partial charge on any atom is -0.360 e. The normalized spacial score (nSPS) is 10.9. The maximum absolute atomic E-state index is 11.4. The molecule has 0 bridgehead atoms. The summed E-state index contributed by atoms with van der Waals surface area (Å²) < 4.78 is 22.8. The molecule has 0 unspecified atom stereocenters. The first-order chi connectivity index (χ1) is 9.16. The summed E-state index contributed by atoms with van der Waals surface area (Å²) in [5, 5.41) is 13.4. The number of nitrogens with one attached hydrogen (secondary N) is 1. The van der Waals surface area contributed by atoms with Crippen LogP contribution in [0.25, 0.3) is 0 Å². The topological polar surface area (TPSA) is 110 Å². The highest BCUT2D eigenvalue weighted by Crippen LogP contribution is 2.29. The maximum atomic E-state index is 11.4. The van der Waals surface area contributed by atoms with E-state index in [9.17, 15) is 23.3 Å². The molecule has 1 aromatic carbocycles. The third-order valence-corrected chi connectivity index (χ3v) is 3.75. The van der Waals surface area contributed by atoms with Crippen LogP contribution in [0.5, 0.6) is 0 Å². The van der Waals surface area contributed by atoms with Gasteiger partial charge in [0.15, 0.2) is 9.84 Å². The molecular weight excluding hydrogens is 286 g/mol. The highest BCUT2D eigenvalue weighted by molar-refractivity contribution is 7.90. The van der Waals surface area contributed by atoms with Crippen molar-refractivity contribution >= 4 is 27.1 Å². The largest absolute Gasteiger partial charge is 0.360 e. The fraction of sp³-hybridized carbons (Fsp3) is 0.364. The quantitative estimate of drug-likeness (QED) is 0.613. The van der Waals surface area contributed by atoms with Gasteiger partial charge >= 0.3 is 0 Å². The number of sulfone groups is 1. The van der Waals surface area contributed by atoms with Crippen molar-refractivity contribution in [3.8, 4) is 0 Å². The molecule has 0 aliphatic carbocycles. The highest BCUT2D eigenvalue weighted by atomic mass is 32.2. The number of hydrogen-bond donors (Lipinski definition) is 1. The summed E-state index contributed by atoms with van der Waals surface area (Å²) in [5.74, 6) is -0.311. The lowest BCUT2D eigenvalue weighted by Crippen LogP contribution is -2.33. The summed E-state index contributed by atoms with van der Waals surface area (Å²) in [5.41, 5.74) is -0.190. The molecular formula is C11H15N3O5S. The molecule has 0 spiro atoms. The van der Waals surface area contributed by atoms with E-state index in [2.05, 4.69) is 5.32 Å². The van der Waals surface area contributed by atoms with Gasteiger partial charge in [-0.25, -0.2) is 8.42 Å². The SMILES string of the molecule is CNC(=O)CN(C)c1ccc(S(C)(=O)=O)cc1[N+](=O)[O-]. The molecule has 9 heteroatoms. The number of carbonyl (C=O) groups is 1. The van der Waals surface area contributed by atoms with Crippen LogP contribution in [0.4, 0.5) is 11.4 Å². The zero-order chi connectivity index (χ0) is 15.5. The molecule has 0 saturated heterocycles. The van der Waals surface area contributed by atoms with Gasteiger partial charge < -0.3 is 10.2 Å². The maximum Gasteiger partial charge on any atom is 0.293 e. The van der Waals surface area contributed by atoms with E-state index in [1.165, 1.54) is 31.1 Å². The second-order valence-corrected chi connectivity index (χ2v) is 6.22. The number of nitrogens with zero attached hydrogens (tertiary/aromatic N) is 2. The van der Waals surface area contributed by atoms with Gasteiger partial charge in [-0.15, -0.1) is 0 Å². The van der Waals surface area contributed by atoms with E-state index in [1.807, 2.05) is 0 Å². The lowest BCUT2D eigenvalue weighted by molar-refractivity contribution is -0.384. The second kappa shape index (κ2) is 5.87. The molecule has 1 N–H and O–H groups in total. The van der Waals surface area contributed by atoms with Crippen LogP contribution in [0, 0.1) is 10.1 Å². The molecule has 8 nitrogen and oxygen atoms in total. The first kappa shape index (κ1) is 15.9. The van der Waals surface area contributed by atoms with Crippen molar-refractivity contribution in [3.05, 3.63) is 28.3 Å². The van der Waals surface area contributed by atoms with Crippen molar-refractivity contribution in [2.24, 2.45) is 0 Å². The number of nitro benzene ring substituents is 1. The van der Waals surface area contributed by atoms with Crippen molar-refractivity contribution in [2.75, 3.05) is 31.8 Å². The molecule has 0 radical (unpaired) electrons. The fourth-order valence-corrected chi connectivity index (χ4v) is 2.22. The Bertz CT molecular complexity index is 641. The van der Waals surface area contributed by atoms with Gasteiger partial charge in [0.1, 0.15) is 5.69 Å². The van der Waals surface area contributed by atoms with Crippen LogP contribution in [0.1, 0.15) is 0 Å². The third-order valence-electron chi connectivity index (χ3n) is 2.64. The molecule has 1 rings (SSSR count). The van der Waals surface area contributed by atoms with Crippen LogP contribution in [-0.2, 0) is 14.6 Å². The van der Waals surface area contributed by atoms with Crippen molar-refractivity contribution in [2.45, 2.75) is 4.90 Å². The monoisotopic (exact) mass is 301 g/mol. The van der Waals surface area contributed by atoms with Gasteiger partial charge in [0.25, 0.3) is 5.69 Å². The molecule has 0 heterocycles. The standard InChI is InChI=1S/C11H15N3O5S/c1-12-11(15)7-13(2)9-5-4-8(20(3,18)19)6-10(9)14(16)17/h4-6H,7H2,1-3H3,(H,12,15). The summed E-state index contributed by atoms with van der Waals surface area (Å²) >= 11 is 0. The summed E-state index contributed by atoms with van der Waals surface area (Å²) in [7, 11) is -0.564. The van der Waals surface area contributed by atoms with E-state index >= 15 is 0 Å². The molecule has 1 amide bonds. The number of rotatable bonds is 5. The van der Waals surface area contributed by atoms with Gasteiger partial charge in [0, 0.05) is 26.4 Å². The number of hydrogen-bond acceptors (Lipinski definition) is 6. The lowest BCUT2D eigenvalue weighted by Gasteiger charge is -2.18. The van der Waals surface area contributed by atoms with Crippen LogP contribution >= 0.6 is 0 Å². The Morgan fingerprint density at radius 3 is 2.50 bits per heavy atom. The highest BCUT2D eigenvalue weighted by Gasteiger charge is 2.21. The smallest absolute Gasteiger partial charge is 0.293 e. The summed E-state index contributed by atoms with van der Waals surface area (Å²) in [6.45, 7) is -0.0738. The fourth-order valence-electron chi connectivity index (χ4n) is 1.58. The average Bonchev–Trinajstić information content (AvgIpc) is 2.36. The van der Waals surface area contributed by atoms with Crippen molar-refractivity contribution in [3.63, 3.8) is 0 Å². The second-order valence-electron chi connectivity index (χ2n) is 4.21. The average molecular weight is 301 g/mol. The van der Waals surface area contributed by atoms with E-state index in [0.717, 1.165) is 12.3 Å². The number of anilines is 1. The van der Waals surface area contributed by atoms with E-state index in [1.54, 1.807) is 0 Å². The summed E-state index contributed by atoms with van der Waals surface area (Å²) in [6.07, 6.45) is 0.972. The zero-order valence-corrected chi connectivity index (χ0v) is 12.1. The molecule has 0 atom stereocenters. The molecule has 0 saturated carbocycles. The zero-order valence-electron chi connectivity index (χ0n) is 11.3. The molecule has 0 aliphatic rings. The molecule has 0 fully saturated rings. The van der Waals surface area contributed by atoms with Gasteiger partial charge in [0.2, 0.25) is 5.91 Å². The Kier molecular flexibility index (Phi) is 4.66. The molecule has 0 aromatic heterocycles. The van der Waals surface area contributed by atoms with E-state index < -0.39 is 14.8 Å². The molecule has 110 valence electrons. The Morgan fingerprint density at radius 1 is 1.45 bits per heavy atom. The predicted molar refractivity (Wildman–Crippen MR) is 73.5 cm³/mol. The van der Waals surface area contributed by atoms with Gasteiger partial charge in [-0.1, -0.05) is 0 Å². The van der Waals surface area contributed by atoms with Crippen LogP contribution in [-0.4, -0.2) is 46.1 Å². The number of nitro groups is 1. The summed E-state index contributed by atoms with van der Waals surface area (Å²) in [4.78, 5) is 22.9. The van der Waals surface area contributed by atoms with Crippen LogP contribution in [0.15, 0.2) is 23.1 Å². The number of likely N-dealkylation sites (N-methyl/N-ethyl adjacent to an activating group) is 2. The third kappa shape index (κ3) is 3.67. The molecule has 20 heavy (non-hydrogen) atoms. The number of benzene rings is 1. The first-order valence-corrected chi connectivity index (χ1v) is 7.46. The van der Waals surface area contributed by atoms with Gasteiger partial charge in [-0.3, -0.25) is 14.9 Å². The lowest BCUT2D eigenvalue weighted by atomic mass is 10.2. The Hall–Kier alpha value is -2.16. The van der Waals surface area contributed by atoms with E-state index in [0.29, 0.717) is 0 Å². The van der Waals surface area contributed by atoms with Gasteiger partial charge in [-0.05, 0) is 12.1 Å². The summed E-state index contributed by atoms with van der Waals surface area (Å²) in [6, 6.07) is 3.58. The predicted octanol–water partition coefficient (Wildman–Crippen LogP) is 0.180. The minimum absolute atomic E-state index is 0.0738. The minimum atomic E-state index is -3.53. The van der Waals surface area contributed by atoms with Gasteiger partial charge in [0.05, 0.1) is 16.4 Å². The first-order valence-electron chi connectivity index (χ1n) is 5.57. The Balaban J connectivity index is 3.27. The van der Waals surface area contributed by atoms with Crippen molar-refractivity contribution < 1.29 is 18.1 Å². The van der Waals surface area contributed by atoms with Crippen molar-refractivity contribution in [1.82, 2.24) is 5.32 Å². The van der Waals surface area contributed by atoms with E-state index in [4.69, 9.17) is 0 Å². The van der Waals surface area contributed by atoms with Crippen molar-refractivity contribution in [1.29, 1.82) is 0 Å². The Labute approximate surface area is 116 Å². The number of amides is 1. The molecule has 0 aliphatic heterocycles. The molecule has 1 aromatic rings. The number of carbonyl (C=O) groups excluding carboxylic acids is 1. The van der Waals surface area contributed by atoms with Crippen LogP contribution in [0.3, 0.4) is 0 Å². The Morgan fingerprint density at radius 2 is 2.05 bits per heavy atom. The van der Waals surface area contributed by atoms with Crippen LogP contribution in [0.2, 0.25) is 0 Å². The van der Waals surface area contributed by atoms with E-state index in [-0.39, 0.29) is 28.7 Å². The van der Waals surface area contributed by atoms with Gasteiger partial charge in [-0.2, -0.15) is 0 Å². The van der Waals surface area contributed by atoms with Crippen LogP contribution < -0.4 is 10.2 Å².